The summed E-state index contributed by atoms with van der Waals surface area (Å²) >= 11 is 57.7. The number of rotatable bonds is 4. The number of benzene rings is 12. The van der Waals surface area contributed by atoms with E-state index in [1.165, 1.54) is 0 Å². The summed E-state index contributed by atoms with van der Waals surface area (Å²) in [6, 6.07) is 98.6. The highest BCUT2D eigenvalue weighted by atomic mass is 35.6. The number of ether oxygens (including phenoxy) is 8. The van der Waals surface area contributed by atoms with Gasteiger partial charge in [-0.05, 0) is 194 Å². The zero-order valence-electron chi connectivity index (χ0n) is 62.0. The molecule has 16 bridgehead atoms. The van der Waals surface area contributed by atoms with Crippen molar-refractivity contribution in [2.75, 3.05) is 52.9 Å². The highest BCUT2D eigenvalue weighted by Gasteiger charge is 2.34. The van der Waals surface area contributed by atoms with Crippen molar-refractivity contribution in [2.45, 2.75) is 42.9 Å². The fraction of sp³-hybridized carbons (Fsp3) is 0.182. The lowest BCUT2D eigenvalue weighted by atomic mass is 10.3. The molecule has 608 valence electrons. The molecular weight excluding hydrogens is 1800 g/mol. The maximum Gasteiger partial charge on any atom is 0.180 e. The van der Waals surface area contributed by atoms with Gasteiger partial charge in [-0.15, -0.1) is 0 Å². The van der Waals surface area contributed by atoms with E-state index in [0.717, 1.165) is 63.7 Å². The molecule has 0 amide bonds. The van der Waals surface area contributed by atoms with Crippen molar-refractivity contribution in [3.8, 4) is 46.0 Å². The minimum absolute atomic E-state index is 0.457. The Balaban J connectivity index is 0.000000224. The third kappa shape index (κ3) is 27.7. The van der Waals surface area contributed by atoms with E-state index >= 15 is 0 Å². The van der Waals surface area contributed by atoms with Crippen molar-refractivity contribution in [3.05, 3.63) is 315 Å². The zero-order chi connectivity index (χ0) is 82.8. The molecule has 12 nitrogen and oxygen atoms in total. The topological polar surface area (TPSA) is 142 Å². The highest BCUT2D eigenvalue weighted by molar-refractivity contribution is 7.86. The zero-order valence-corrected chi connectivity index (χ0v) is 74.7. The second kappa shape index (κ2) is 48.0. The van der Waals surface area contributed by atoms with Crippen molar-refractivity contribution < 1.29 is 56.2 Å². The summed E-state index contributed by atoms with van der Waals surface area (Å²) in [6.45, 7) is 3.65. The van der Waals surface area contributed by atoms with E-state index < -0.39 is 45.7 Å². The summed E-state index contributed by atoms with van der Waals surface area (Å²) in [5, 5.41) is 8.88. The standard InChI is InChI=1S/2C42H38O6P2.4CHCl3/c2*43-49(37-9-3-1-4-10-37)39-21-13-33(14-22-39)45-29-7-31-47-35-17-25-41(26-18-35)50(44,38-11-5-2-6-12-38)42-27-19-36(20-28-42)48-32-8-30-46-34-15-23-40(49)24-16-34;4*2-1(3)4/h2*1-6,9-28H,7-8,29-32H2;4*1H. The van der Waals surface area contributed by atoms with Gasteiger partial charge >= 0.3 is 0 Å². The molecule has 0 spiro atoms. The molecule has 0 saturated carbocycles. The van der Waals surface area contributed by atoms with Gasteiger partial charge in [-0.1, -0.05) is 261 Å². The number of alkyl halides is 12. The third-order valence-electron chi connectivity index (χ3n) is 17.4. The smallest absolute Gasteiger partial charge is 0.180 e. The molecule has 14 aliphatic heterocycles. The third-order valence-corrected chi connectivity index (χ3v) is 29.7. The van der Waals surface area contributed by atoms with Crippen LogP contribution in [-0.4, -0.2) is 70.0 Å². The summed E-state index contributed by atoms with van der Waals surface area (Å²) < 4.78 is 105. The van der Waals surface area contributed by atoms with Crippen LogP contribution in [0.5, 0.6) is 46.0 Å². The molecule has 0 atom stereocenters. The maximum absolute atomic E-state index is 14.9. The van der Waals surface area contributed by atoms with Crippen LogP contribution in [0.25, 0.3) is 0 Å². The molecule has 0 aliphatic carbocycles. The molecule has 26 rings (SSSR count). The lowest BCUT2D eigenvalue weighted by Gasteiger charge is -2.21. The Morgan fingerprint density at radius 2 is 0.259 bits per heavy atom. The molecule has 28 heteroatoms. The lowest BCUT2D eigenvalue weighted by molar-refractivity contribution is 0.247. The molecule has 0 aromatic heterocycles. The van der Waals surface area contributed by atoms with Crippen LogP contribution in [0.3, 0.4) is 0 Å². The quantitative estimate of drug-likeness (QED) is 0.122. The fourth-order valence-electron chi connectivity index (χ4n) is 12.1. The summed E-state index contributed by atoms with van der Waals surface area (Å²) in [5.41, 5.74) is 0. The summed E-state index contributed by atoms with van der Waals surface area (Å²) in [6.07, 6.45) is 2.66. The first-order valence-corrected chi connectivity index (χ1v) is 48.3. The number of hydrogen-bond donors (Lipinski definition) is 0. The number of hydrogen-bond acceptors (Lipinski definition) is 12. The van der Waals surface area contributed by atoms with Gasteiger partial charge in [-0.25, -0.2) is 0 Å². The monoisotopic (exact) mass is 1870 g/mol. The van der Waals surface area contributed by atoms with Gasteiger partial charge in [0, 0.05) is 89.3 Å². The van der Waals surface area contributed by atoms with E-state index in [4.69, 9.17) is 177 Å². The molecule has 0 saturated heterocycles. The van der Waals surface area contributed by atoms with Gasteiger partial charge in [0.1, 0.15) is 46.0 Å². The van der Waals surface area contributed by atoms with Crippen LogP contribution in [0.4, 0.5) is 0 Å². The van der Waals surface area contributed by atoms with E-state index in [-0.39, 0.29) is 0 Å². The highest BCUT2D eigenvalue weighted by Crippen LogP contribution is 2.47. The van der Waals surface area contributed by atoms with E-state index in [1.807, 2.05) is 315 Å². The van der Waals surface area contributed by atoms with E-state index in [9.17, 15) is 18.3 Å². The van der Waals surface area contributed by atoms with Gasteiger partial charge in [0.2, 0.25) is 0 Å². The van der Waals surface area contributed by atoms with Gasteiger partial charge < -0.3 is 56.2 Å². The maximum atomic E-state index is 14.9. The van der Waals surface area contributed by atoms with E-state index in [0.29, 0.717) is 125 Å². The largest absolute Gasteiger partial charge is 0.493 e. The summed E-state index contributed by atoms with van der Waals surface area (Å²) in [4.78, 5) is 0. The summed E-state index contributed by atoms with van der Waals surface area (Å²) in [7, 11) is -12.6. The minimum atomic E-state index is -3.15. The molecular formula is C88H80Cl12O12P4. The Labute approximate surface area is 738 Å². The first kappa shape index (κ1) is 93.3. The number of halogens is 12. The second-order valence-electron chi connectivity index (χ2n) is 24.9. The van der Waals surface area contributed by atoms with Crippen LogP contribution in [-0.2, 0) is 18.3 Å². The molecule has 12 aromatic carbocycles. The van der Waals surface area contributed by atoms with Crippen molar-refractivity contribution in [1.29, 1.82) is 0 Å². The average Bonchev–Trinajstić information content (AvgIpc) is 0.785. The van der Waals surface area contributed by atoms with Gasteiger partial charge in [-0.3, -0.25) is 0 Å². The van der Waals surface area contributed by atoms with Crippen LogP contribution in [0.15, 0.2) is 315 Å². The molecule has 0 unspecified atom stereocenters. The average molecular weight is 1880 g/mol. The Hall–Kier alpha value is -6.56. The summed E-state index contributed by atoms with van der Waals surface area (Å²) in [5.74, 6) is 5.58. The van der Waals surface area contributed by atoms with Crippen LogP contribution in [0.1, 0.15) is 25.7 Å². The Morgan fingerprint density at radius 3 is 0.362 bits per heavy atom. The Bertz CT molecular complexity index is 4200. The first-order chi connectivity index (χ1) is 56.0. The molecule has 0 N–H and O–H groups in total. The fourth-order valence-corrected chi connectivity index (χ4v) is 22.6. The van der Waals surface area contributed by atoms with Crippen molar-refractivity contribution in [3.63, 3.8) is 0 Å². The molecule has 0 fully saturated rings. The Morgan fingerprint density at radius 1 is 0.164 bits per heavy atom. The molecule has 116 heavy (non-hydrogen) atoms. The first-order valence-electron chi connectivity index (χ1n) is 36.2. The predicted octanol–water partition coefficient (Wildman–Crippen LogP) is 21.9. The van der Waals surface area contributed by atoms with Gasteiger partial charge in [0.15, 0.2) is 45.7 Å². The molecule has 12 aromatic rings. The van der Waals surface area contributed by atoms with Gasteiger partial charge in [-0.2, -0.15) is 0 Å². The second-order valence-corrected chi connectivity index (χ2v) is 43.9. The normalized spacial score (nSPS) is 18.2. The van der Waals surface area contributed by atoms with Crippen LogP contribution in [0, 0.1) is 0 Å². The van der Waals surface area contributed by atoms with Crippen molar-refractivity contribution in [2.24, 2.45) is 0 Å². The lowest BCUT2D eigenvalue weighted by Crippen LogP contribution is -2.25. The molecule has 0 radical (unpaired) electrons. The minimum Gasteiger partial charge on any atom is -0.493 e. The van der Waals surface area contributed by atoms with Crippen LogP contribution in [0.2, 0.25) is 0 Å². The van der Waals surface area contributed by atoms with E-state index in [2.05, 4.69) is 0 Å². The van der Waals surface area contributed by atoms with E-state index in [1.54, 1.807) is 0 Å². The molecule has 14 heterocycles. The Kier molecular flexibility index (Phi) is 38.6. The van der Waals surface area contributed by atoms with Crippen molar-refractivity contribution >= 4 is 231 Å². The molecule has 14 aliphatic rings. The van der Waals surface area contributed by atoms with Gasteiger partial charge in [0.05, 0.1) is 52.9 Å². The predicted molar refractivity (Wildman–Crippen MR) is 491 cm³/mol. The van der Waals surface area contributed by atoms with Crippen molar-refractivity contribution in [1.82, 2.24) is 0 Å². The SMILES string of the molecule is ClC(Cl)Cl.ClC(Cl)Cl.ClC(Cl)Cl.ClC(Cl)Cl.O=P1(c2ccccc2)c2ccc(cc2)OCCCOc2ccc(cc2)P(=O)(c2ccccc2)c2ccc(cc2)OCCCOc2ccc1cc2.O=P1(c2ccccc2)c2ccc(cc2)OCCCOc2ccc(cc2)P(=O)(c2ccccc2)c2ccc(cc2)OCCCOc2ccc1cc2. The van der Waals surface area contributed by atoms with Gasteiger partial charge in [0.25, 0.3) is 0 Å². The van der Waals surface area contributed by atoms with Crippen LogP contribution < -0.4 is 102 Å². The van der Waals surface area contributed by atoms with Crippen LogP contribution >= 0.6 is 168 Å².